The van der Waals surface area contributed by atoms with Crippen LogP contribution < -0.4 is 0 Å². The van der Waals surface area contributed by atoms with Gasteiger partial charge in [-0.05, 0) is 32.0 Å². The third kappa shape index (κ3) is 4.70. The van der Waals surface area contributed by atoms with Crippen molar-refractivity contribution < 1.29 is 4.74 Å². The van der Waals surface area contributed by atoms with E-state index in [2.05, 4.69) is 42.3 Å². The first-order valence-electron chi connectivity index (χ1n) is 6.32. The van der Waals surface area contributed by atoms with Crippen molar-refractivity contribution in [3.8, 4) is 0 Å². The first-order chi connectivity index (χ1) is 8.34. The maximum absolute atomic E-state index is 5.64. The van der Waals surface area contributed by atoms with E-state index in [1.807, 2.05) is 11.8 Å². The molecule has 0 radical (unpaired) electrons. The zero-order valence-electron chi connectivity index (χ0n) is 10.5. The van der Waals surface area contributed by atoms with Crippen LogP contribution in [0.2, 0.25) is 0 Å². The fourth-order valence-corrected chi connectivity index (χ4v) is 3.05. The van der Waals surface area contributed by atoms with E-state index < -0.39 is 0 Å². The normalized spacial score (nSPS) is 20.0. The van der Waals surface area contributed by atoms with E-state index in [-0.39, 0.29) is 0 Å². The van der Waals surface area contributed by atoms with Crippen LogP contribution in [0.15, 0.2) is 35.2 Å². The van der Waals surface area contributed by atoms with Crippen LogP contribution in [-0.2, 0) is 4.74 Å². The lowest BCUT2D eigenvalue weighted by Crippen LogP contribution is -2.30. The standard InChI is InChI=1S/C14H21NOS/c1-15(12-13-6-5-10-16-13)9-11-17-14-7-3-2-4-8-14/h2-4,7-8,13H,5-6,9-12H2,1H3. The number of likely N-dealkylation sites (N-methyl/N-ethyl adjacent to an activating group) is 1. The molecule has 1 aliphatic heterocycles. The number of ether oxygens (including phenoxy) is 1. The highest BCUT2D eigenvalue weighted by molar-refractivity contribution is 7.99. The third-order valence-electron chi connectivity index (χ3n) is 3.02. The summed E-state index contributed by atoms with van der Waals surface area (Å²) in [6.45, 7) is 3.16. The largest absolute Gasteiger partial charge is 0.377 e. The molecule has 0 amide bonds. The molecule has 1 heterocycles. The molecule has 17 heavy (non-hydrogen) atoms. The average Bonchev–Trinajstić information content (AvgIpc) is 2.83. The summed E-state index contributed by atoms with van der Waals surface area (Å²) in [6, 6.07) is 10.6. The van der Waals surface area contributed by atoms with E-state index in [0.717, 1.165) is 25.4 Å². The van der Waals surface area contributed by atoms with Crippen LogP contribution in [-0.4, -0.2) is 43.5 Å². The Labute approximate surface area is 108 Å². The molecule has 2 rings (SSSR count). The van der Waals surface area contributed by atoms with Gasteiger partial charge in [-0.2, -0.15) is 0 Å². The molecule has 0 aromatic heterocycles. The van der Waals surface area contributed by atoms with E-state index in [1.54, 1.807) is 0 Å². The van der Waals surface area contributed by atoms with Crippen molar-refractivity contribution in [2.75, 3.05) is 32.5 Å². The number of thioether (sulfide) groups is 1. The van der Waals surface area contributed by atoms with Gasteiger partial charge in [-0.15, -0.1) is 11.8 Å². The van der Waals surface area contributed by atoms with Gasteiger partial charge < -0.3 is 9.64 Å². The van der Waals surface area contributed by atoms with E-state index in [4.69, 9.17) is 4.74 Å². The lowest BCUT2D eigenvalue weighted by atomic mass is 10.2. The number of nitrogens with zero attached hydrogens (tertiary/aromatic N) is 1. The second kappa shape index (κ2) is 7.04. The predicted molar refractivity (Wildman–Crippen MR) is 73.6 cm³/mol. The Morgan fingerprint density at radius 3 is 2.88 bits per heavy atom. The van der Waals surface area contributed by atoms with E-state index in [9.17, 15) is 0 Å². The molecular formula is C14H21NOS. The predicted octanol–water partition coefficient (Wildman–Crippen LogP) is 2.89. The monoisotopic (exact) mass is 251 g/mol. The average molecular weight is 251 g/mol. The molecule has 1 aromatic rings. The molecule has 2 nitrogen and oxygen atoms in total. The Kier molecular flexibility index (Phi) is 5.36. The van der Waals surface area contributed by atoms with Crippen LogP contribution in [0.4, 0.5) is 0 Å². The Hall–Kier alpha value is -0.510. The molecule has 1 aromatic carbocycles. The zero-order chi connectivity index (χ0) is 11.9. The Bertz CT molecular complexity index is 311. The second-order valence-electron chi connectivity index (χ2n) is 4.56. The van der Waals surface area contributed by atoms with Crippen LogP contribution in [0.25, 0.3) is 0 Å². The summed E-state index contributed by atoms with van der Waals surface area (Å²) >= 11 is 1.92. The lowest BCUT2D eigenvalue weighted by molar-refractivity contribution is 0.0830. The molecule has 1 unspecified atom stereocenters. The molecule has 0 saturated carbocycles. The van der Waals surface area contributed by atoms with Gasteiger partial charge >= 0.3 is 0 Å². The fourth-order valence-electron chi connectivity index (χ4n) is 2.06. The van der Waals surface area contributed by atoms with Crippen molar-refractivity contribution in [2.24, 2.45) is 0 Å². The van der Waals surface area contributed by atoms with E-state index in [1.165, 1.54) is 17.7 Å². The molecule has 1 saturated heterocycles. The van der Waals surface area contributed by atoms with Crippen LogP contribution >= 0.6 is 11.8 Å². The summed E-state index contributed by atoms with van der Waals surface area (Å²) in [5.74, 6) is 1.15. The molecule has 1 fully saturated rings. The fraction of sp³-hybridized carbons (Fsp3) is 0.571. The van der Waals surface area contributed by atoms with Crippen molar-refractivity contribution >= 4 is 11.8 Å². The third-order valence-corrected chi connectivity index (χ3v) is 4.02. The number of hydrogen-bond donors (Lipinski definition) is 0. The SMILES string of the molecule is CN(CCSc1ccccc1)CC1CCCO1. The van der Waals surface area contributed by atoms with Gasteiger partial charge in [-0.1, -0.05) is 18.2 Å². The van der Waals surface area contributed by atoms with Crippen LogP contribution in [0.3, 0.4) is 0 Å². The molecule has 3 heteroatoms. The van der Waals surface area contributed by atoms with E-state index >= 15 is 0 Å². The van der Waals surface area contributed by atoms with Gasteiger partial charge in [0.1, 0.15) is 0 Å². The van der Waals surface area contributed by atoms with Gasteiger partial charge in [0.2, 0.25) is 0 Å². The molecule has 0 spiro atoms. The molecule has 0 N–H and O–H groups in total. The van der Waals surface area contributed by atoms with Crippen molar-refractivity contribution in [3.05, 3.63) is 30.3 Å². The first-order valence-corrected chi connectivity index (χ1v) is 7.31. The van der Waals surface area contributed by atoms with Gasteiger partial charge in [0, 0.05) is 30.3 Å². The quantitative estimate of drug-likeness (QED) is 0.721. The smallest absolute Gasteiger partial charge is 0.0702 e. The first kappa shape index (κ1) is 12.9. The summed E-state index contributed by atoms with van der Waals surface area (Å²) in [5.41, 5.74) is 0. The van der Waals surface area contributed by atoms with Crippen molar-refractivity contribution in [3.63, 3.8) is 0 Å². The van der Waals surface area contributed by atoms with Gasteiger partial charge in [0.05, 0.1) is 6.10 Å². The van der Waals surface area contributed by atoms with Crippen LogP contribution in [0, 0.1) is 0 Å². The van der Waals surface area contributed by atoms with Crippen LogP contribution in [0.1, 0.15) is 12.8 Å². The summed E-state index contributed by atoms with van der Waals surface area (Å²) in [5, 5.41) is 0. The molecular weight excluding hydrogens is 230 g/mol. The van der Waals surface area contributed by atoms with Gasteiger partial charge in [0.15, 0.2) is 0 Å². The highest BCUT2D eigenvalue weighted by atomic mass is 32.2. The molecule has 1 atom stereocenters. The minimum atomic E-state index is 0.474. The minimum Gasteiger partial charge on any atom is -0.377 e. The maximum atomic E-state index is 5.64. The van der Waals surface area contributed by atoms with Gasteiger partial charge in [0.25, 0.3) is 0 Å². The van der Waals surface area contributed by atoms with Gasteiger partial charge in [-0.25, -0.2) is 0 Å². The number of benzene rings is 1. The second-order valence-corrected chi connectivity index (χ2v) is 5.73. The summed E-state index contributed by atoms with van der Waals surface area (Å²) in [7, 11) is 2.19. The van der Waals surface area contributed by atoms with Crippen molar-refractivity contribution in [1.82, 2.24) is 4.90 Å². The number of rotatable bonds is 6. The van der Waals surface area contributed by atoms with E-state index in [0.29, 0.717) is 6.10 Å². The topological polar surface area (TPSA) is 12.5 Å². The Morgan fingerprint density at radius 2 is 2.18 bits per heavy atom. The Balaban J connectivity index is 1.61. The Morgan fingerprint density at radius 1 is 1.35 bits per heavy atom. The zero-order valence-corrected chi connectivity index (χ0v) is 11.3. The maximum Gasteiger partial charge on any atom is 0.0702 e. The van der Waals surface area contributed by atoms with Crippen LogP contribution in [0.5, 0.6) is 0 Å². The van der Waals surface area contributed by atoms with Crippen molar-refractivity contribution in [1.29, 1.82) is 0 Å². The highest BCUT2D eigenvalue weighted by Crippen LogP contribution is 2.17. The molecule has 0 aliphatic carbocycles. The molecule has 94 valence electrons. The molecule has 0 bridgehead atoms. The van der Waals surface area contributed by atoms with Crippen molar-refractivity contribution in [2.45, 2.75) is 23.8 Å². The number of hydrogen-bond acceptors (Lipinski definition) is 3. The minimum absolute atomic E-state index is 0.474. The summed E-state index contributed by atoms with van der Waals surface area (Å²) < 4.78 is 5.64. The summed E-state index contributed by atoms with van der Waals surface area (Å²) in [4.78, 5) is 3.74. The lowest BCUT2D eigenvalue weighted by Gasteiger charge is -2.20. The summed E-state index contributed by atoms with van der Waals surface area (Å²) in [6.07, 6.45) is 2.94. The molecule has 1 aliphatic rings. The highest BCUT2D eigenvalue weighted by Gasteiger charge is 2.16. The van der Waals surface area contributed by atoms with Gasteiger partial charge in [-0.3, -0.25) is 0 Å².